The van der Waals surface area contributed by atoms with Gasteiger partial charge in [0.25, 0.3) is 0 Å². The predicted molar refractivity (Wildman–Crippen MR) is 117 cm³/mol. The Bertz CT molecular complexity index is 1040. The second-order valence-electron chi connectivity index (χ2n) is 8.26. The smallest absolute Gasteiger partial charge is 0.241 e. The third-order valence-corrected chi connectivity index (χ3v) is 5.62. The Hall–Kier alpha value is -2.99. The lowest BCUT2D eigenvalue weighted by Crippen LogP contribution is -2.40. The molecule has 0 radical (unpaired) electrons. The number of nitrogens with one attached hydrogen (secondary N) is 1. The summed E-state index contributed by atoms with van der Waals surface area (Å²) in [6.07, 6.45) is 1.87. The van der Waals surface area contributed by atoms with E-state index in [4.69, 9.17) is 4.52 Å². The van der Waals surface area contributed by atoms with Crippen LogP contribution in [-0.2, 0) is 11.3 Å². The maximum Gasteiger partial charge on any atom is 0.241 e. The summed E-state index contributed by atoms with van der Waals surface area (Å²) in [5.74, 6) is 1.23. The Morgan fingerprint density at radius 2 is 2.00 bits per heavy atom. The van der Waals surface area contributed by atoms with E-state index in [1.165, 1.54) is 5.56 Å². The molecule has 1 unspecified atom stereocenters. The van der Waals surface area contributed by atoms with Gasteiger partial charge in [-0.25, -0.2) is 0 Å². The lowest BCUT2D eigenvalue weighted by atomic mass is 9.96. The lowest BCUT2D eigenvalue weighted by molar-refractivity contribution is -0.121. The van der Waals surface area contributed by atoms with Crippen molar-refractivity contribution in [3.8, 4) is 11.4 Å². The standard InChI is InChI=1S/C24H28N4O2/c1-16-6-4-7-19(13-16)23-26-22(30-27-23)15-28-11-5-8-20(14-28)24(29)25-21-10-9-17(2)12-18(21)3/h4,6-7,9-10,12-13,20H,5,8,11,14-15H2,1-3H3,(H,25,29). The minimum absolute atomic E-state index is 0.0429. The molecule has 0 spiro atoms. The lowest BCUT2D eigenvalue weighted by Gasteiger charge is -2.31. The monoisotopic (exact) mass is 404 g/mol. The Labute approximate surface area is 177 Å². The summed E-state index contributed by atoms with van der Waals surface area (Å²) in [7, 11) is 0. The second kappa shape index (κ2) is 8.79. The Kier molecular flexibility index (Phi) is 5.95. The average Bonchev–Trinajstić information content (AvgIpc) is 3.19. The van der Waals surface area contributed by atoms with Crippen LogP contribution in [0.3, 0.4) is 0 Å². The molecule has 4 rings (SSSR count). The highest BCUT2D eigenvalue weighted by atomic mass is 16.5. The SMILES string of the molecule is Cc1cccc(-c2noc(CN3CCCC(C(=O)Nc4ccc(C)cc4C)C3)n2)c1. The van der Waals surface area contributed by atoms with Crippen LogP contribution in [-0.4, -0.2) is 34.0 Å². The van der Waals surface area contributed by atoms with Gasteiger partial charge in [-0.15, -0.1) is 0 Å². The van der Waals surface area contributed by atoms with Crippen LogP contribution in [0.25, 0.3) is 11.4 Å². The van der Waals surface area contributed by atoms with Gasteiger partial charge in [-0.3, -0.25) is 9.69 Å². The Morgan fingerprint density at radius 1 is 1.17 bits per heavy atom. The first-order chi connectivity index (χ1) is 14.5. The van der Waals surface area contributed by atoms with Crippen LogP contribution in [0.1, 0.15) is 35.4 Å². The molecule has 1 amide bonds. The number of aromatic nitrogens is 2. The van der Waals surface area contributed by atoms with E-state index in [1.807, 2.05) is 50.2 Å². The van der Waals surface area contributed by atoms with Crippen LogP contribution in [0.15, 0.2) is 47.0 Å². The third-order valence-electron chi connectivity index (χ3n) is 5.62. The molecule has 1 aliphatic heterocycles. The molecular formula is C24H28N4O2. The molecule has 3 aromatic rings. The maximum absolute atomic E-state index is 12.8. The summed E-state index contributed by atoms with van der Waals surface area (Å²) < 4.78 is 5.48. The van der Waals surface area contributed by atoms with Gasteiger partial charge < -0.3 is 9.84 Å². The molecule has 156 valence electrons. The zero-order valence-corrected chi connectivity index (χ0v) is 17.8. The van der Waals surface area contributed by atoms with E-state index in [0.29, 0.717) is 24.8 Å². The van der Waals surface area contributed by atoms with Crippen molar-refractivity contribution in [2.75, 3.05) is 18.4 Å². The van der Waals surface area contributed by atoms with E-state index < -0.39 is 0 Å². The van der Waals surface area contributed by atoms with E-state index in [2.05, 4.69) is 33.3 Å². The van der Waals surface area contributed by atoms with Crippen molar-refractivity contribution in [2.45, 2.75) is 40.2 Å². The number of nitrogens with zero attached hydrogens (tertiary/aromatic N) is 3. The minimum Gasteiger partial charge on any atom is -0.338 e. The molecule has 1 aromatic heterocycles. The van der Waals surface area contributed by atoms with Gasteiger partial charge in [-0.2, -0.15) is 4.98 Å². The van der Waals surface area contributed by atoms with E-state index in [9.17, 15) is 4.79 Å². The number of benzene rings is 2. The van der Waals surface area contributed by atoms with Gasteiger partial charge in [0.05, 0.1) is 12.5 Å². The van der Waals surface area contributed by atoms with Gasteiger partial charge in [-0.05, 0) is 57.9 Å². The predicted octanol–water partition coefficient (Wildman–Crippen LogP) is 4.51. The van der Waals surface area contributed by atoms with Crippen molar-refractivity contribution >= 4 is 11.6 Å². The number of hydrogen-bond donors (Lipinski definition) is 1. The van der Waals surface area contributed by atoms with Crippen LogP contribution in [0.5, 0.6) is 0 Å². The van der Waals surface area contributed by atoms with Crippen LogP contribution < -0.4 is 5.32 Å². The molecule has 0 bridgehead atoms. The van der Waals surface area contributed by atoms with Gasteiger partial charge in [0.15, 0.2) is 0 Å². The molecule has 30 heavy (non-hydrogen) atoms. The summed E-state index contributed by atoms with van der Waals surface area (Å²) in [4.78, 5) is 19.6. The number of rotatable bonds is 5. The number of carbonyl (C=O) groups is 1. The molecule has 1 saturated heterocycles. The van der Waals surface area contributed by atoms with E-state index >= 15 is 0 Å². The Morgan fingerprint density at radius 3 is 2.80 bits per heavy atom. The molecule has 1 fully saturated rings. The van der Waals surface area contributed by atoms with Gasteiger partial charge in [0, 0.05) is 17.8 Å². The van der Waals surface area contributed by atoms with E-state index in [-0.39, 0.29) is 11.8 Å². The van der Waals surface area contributed by atoms with Gasteiger partial charge >= 0.3 is 0 Å². The zero-order chi connectivity index (χ0) is 21.1. The summed E-state index contributed by atoms with van der Waals surface area (Å²) in [6.45, 7) is 8.30. The molecule has 6 nitrogen and oxygen atoms in total. The number of carbonyl (C=O) groups excluding carboxylic acids is 1. The molecule has 1 aliphatic rings. The fourth-order valence-electron chi connectivity index (χ4n) is 4.01. The second-order valence-corrected chi connectivity index (χ2v) is 8.26. The van der Waals surface area contributed by atoms with Crippen molar-refractivity contribution in [1.82, 2.24) is 15.0 Å². The van der Waals surface area contributed by atoms with Crippen molar-refractivity contribution < 1.29 is 9.32 Å². The molecule has 1 N–H and O–H groups in total. The molecule has 2 heterocycles. The first-order valence-electron chi connectivity index (χ1n) is 10.5. The fourth-order valence-corrected chi connectivity index (χ4v) is 4.01. The number of amides is 1. The van der Waals surface area contributed by atoms with Crippen molar-refractivity contribution in [1.29, 1.82) is 0 Å². The maximum atomic E-state index is 12.8. The first-order valence-corrected chi connectivity index (χ1v) is 10.5. The highest BCUT2D eigenvalue weighted by Crippen LogP contribution is 2.23. The number of anilines is 1. The van der Waals surface area contributed by atoms with Gasteiger partial charge in [-0.1, -0.05) is 46.6 Å². The largest absolute Gasteiger partial charge is 0.338 e. The summed E-state index contributed by atoms with van der Waals surface area (Å²) in [6, 6.07) is 14.2. The highest BCUT2D eigenvalue weighted by molar-refractivity contribution is 5.93. The summed E-state index contributed by atoms with van der Waals surface area (Å²) in [5, 5.41) is 7.23. The van der Waals surface area contributed by atoms with Gasteiger partial charge in [0.2, 0.25) is 17.6 Å². The van der Waals surface area contributed by atoms with E-state index in [0.717, 1.165) is 41.8 Å². The Balaban J connectivity index is 1.38. The summed E-state index contributed by atoms with van der Waals surface area (Å²) >= 11 is 0. The minimum atomic E-state index is -0.0429. The van der Waals surface area contributed by atoms with Crippen molar-refractivity contribution in [2.24, 2.45) is 5.92 Å². The van der Waals surface area contributed by atoms with Crippen molar-refractivity contribution in [3.63, 3.8) is 0 Å². The fraction of sp³-hybridized carbons (Fsp3) is 0.375. The van der Waals surface area contributed by atoms with Crippen LogP contribution in [0.4, 0.5) is 5.69 Å². The van der Waals surface area contributed by atoms with Gasteiger partial charge in [0.1, 0.15) is 0 Å². The quantitative estimate of drug-likeness (QED) is 0.677. The van der Waals surface area contributed by atoms with Crippen molar-refractivity contribution in [3.05, 3.63) is 65.0 Å². The third kappa shape index (κ3) is 4.76. The molecule has 0 saturated carbocycles. The van der Waals surface area contributed by atoms with Crippen LogP contribution in [0.2, 0.25) is 0 Å². The van der Waals surface area contributed by atoms with Crippen LogP contribution >= 0.6 is 0 Å². The molecule has 1 atom stereocenters. The van der Waals surface area contributed by atoms with E-state index in [1.54, 1.807) is 0 Å². The molecule has 0 aliphatic carbocycles. The number of likely N-dealkylation sites (tertiary alicyclic amines) is 1. The normalized spacial score (nSPS) is 17.1. The highest BCUT2D eigenvalue weighted by Gasteiger charge is 2.27. The molecule has 2 aromatic carbocycles. The first kappa shape index (κ1) is 20.3. The summed E-state index contributed by atoms with van der Waals surface area (Å²) in [5.41, 5.74) is 5.29. The molecular weight excluding hydrogens is 376 g/mol. The molecule has 6 heteroatoms. The number of hydrogen-bond acceptors (Lipinski definition) is 5. The number of piperidine rings is 1. The average molecular weight is 405 g/mol. The van der Waals surface area contributed by atoms with Crippen LogP contribution in [0, 0.1) is 26.7 Å². The topological polar surface area (TPSA) is 71.3 Å². The zero-order valence-electron chi connectivity index (χ0n) is 17.8. The number of aryl methyl sites for hydroxylation is 3.